The van der Waals surface area contributed by atoms with E-state index in [0.717, 1.165) is 35.5 Å². The monoisotopic (exact) mass is 475 g/mol. The van der Waals surface area contributed by atoms with E-state index in [9.17, 15) is 9.59 Å². The van der Waals surface area contributed by atoms with E-state index in [2.05, 4.69) is 20.9 Å². The van der Waals surface area contributed by atoms with Gasteiger partial charge in [0.05, 0.1) is 0 Å². The van der Waals surface area contributed by atoms with Crippen LogP contribution in [-0.2, 0) is 4.74 Å². The van der Waals surface area contributed by atoms with Crippen LogP contribution in [0.25, 0.3) is 22.1 Å². The Morgan fingerprint density at radius 1 is 1.27 bits per heavy atom. The normalized spacial score (nSPS) is 19.9. The van der Waals surface area contributed by atoms with Crippen molar-refractivity contribution in [2.24, 2.45) is 0 Å². The van der Waals surface area contributed by atoms with Gasteiger partial charge in [-0.05, 0) is 64.7 Å². The van der Waals surface area contributed by atoms with Gasteiger partial charge >= 0.3 is 6.09 Å². The van der Waals surface area contributed by atoms with E-state index < -0.39 is 5.60 Å². The molecule has 2 aromatic heterocycles. The number of furan rings is 1. The van der Waals surface area contributed by atoms with E-state index in [1.807, 2.05) is 39.0 Å². The molecule has 1 amide bonds. The molecule has 8 heteroatoms. The molecule has 0 atom stereocenters. The lowest BCUT2D eigenvalue weighted by molar-refractivity contribution is 0.0182. The molecule has 0 unspecified atom stereocenters. The first-order valence-electron chi connectivity index (χ1n) is 10.2. The van der Waals surface area contributed by atoms with Gasteiger partial charge in [-0.3, -0.25) is 4.79 Å². The first kappa shape index (κ1) is 20.9. The van der Waals surface area contributed by atoms with Crippen molar-refractivity contribution >= 4 is 44.1 Å². The molecule has 1 saturated carbocycles. The van der Waals surface area contributed by atoms with E-state index in [1.54, 1.807) is 11.9 Å². The first-order valence-corrected chi connectivity index (χ1v) is 11.0. The van der Waals surface area contributed by atoms with E-state index in [0.29, 0.717) is 16.9 Å². The molecule has 30 heavy (non-hydrogen) atoms. The van der Waals surface area contributed by atoms with Crippen LogP contribution in [-0.4, -0.2) is 39.7 Å². The Balaban J connectivity index is 1.53. The lowest BCUT2D eigenvalue weighted by atomic mass is 9.85. The van der Waals surface area contributed by atoms with Crippen molar-refractivity contribution in [3.8, 4) is 0 Å². The molecule has 0 radical (unpaired) electrons. The lowest BCUT2D eigenvalue weighted by Gasteiger charge is -2.35. The summed E-state index contributed by atoms with van der Waals surface area (Å²) in [6, 6.07) is 5.75. The maximum absolute atomic E-state index is 12.6. The third-order valence-corrected chi connectivity index (χ3v) is 6.11. The highest BCUT2D eigenvalue weighted by molar-refractivity contribution is 9.10. The number of rotatable bonds is 2. The molecule has 0 spiro atoms. The number of ether oxygens (including phenoxy) is 1. The SMILES string of the molecule is CN(C(=O)OC(C)(C)C)C1CCC(c2nc3c(oc4ccc(Br)cc43)c(=O)[nH]2)CC1. The summed E-state index contributed by atoms with van der Waals surface area (Å²) in [6.45, 7) is 5.60. The molecule has 1 N–H and O–H groups in total. The van der Waals surface area contributed by atoms with Crippen molar-refractivity contribution in [2.45, 2.75) is 64.0 Å². The summed E-state index contributed by atoms with van der Waals surface area (Å²) in [5, 5.41) is 0.824. The van der Waals surface area contributed by atoms with Gasteiger partial charge in [0.15, 0.2) is 0 Å². The molecule has 0 bridgehead atoms. The molecule has 1 aliphatic carbocycles. The fourth-order valence-electron chi connectivity index (χ4n) is 4.06. The molecule has 7 nitrogen and oxygen atoms in total. The first-order chi connectivity index (χ1) is 14.1. The topological polar surface area (TPSA) is 88.4 Å². The molecule has 0 aliphatic heterocycles. The largest absolute Gasteiger partial charge is 0.449 e. The van der Waals surface area contributed by atoms with Crippen LogP contribution in [0.1, 0.15) is 58.2 Å². The maximum Gasteiger partial charge on any atom is 0.410 e. The number of carbonyl (C=O) groups is 1. The second kappa shape index (κ2) is 7.72. The summed E-state index contributed by atoms with van der Waals surface area (Å²) in [5.41, 5.74) is 0.730. The zero-order valence-electron chi connectivity index (χ0n) is 17.6. The predicted molar refractivity (Wildman–Crippen MR) is 119 cm³/mol. The number of fused-ring (bicyclic) bond motifs is 3. The highest BCUT2D eigenvalue weighted by atomic mass is 79.9. The van der Waals surface area contributed by atoms with Crippen LogP contribution in [0, 0.1) is 0 Å². The summed E-state index contributed by atoms with van der Waals surface area (Å²) in [6.07, 6.45) is 3.05. The second-order valence-corrected chi connectivity index (χ2v) is 9.88. The fraction of sp³-hybridized carbons (Fsp3) is 0.500. The lowest BCUT2D eigenvalue weighted by Crippen LogP contribution is -2.42. The van der Waals surface area contributed by atoms with E-state index in [-0.39, 0.29) is 29.2 Å². The summed E-state index contributed by atoms with van der Waals surface area (Å²) >= 11 is 3.47. The van der Waals surface area contributed by atoms with Gasteiger partial charge in [0.1, 0.15) is 22.5 Å². The predicted octanol–water partition coefficient (Wildman–Crippen LogP) is 5.32. The molecule has 3 aromatic rings. The third kappa shape index (κ3) is 4.10. The molecule has 1 fully saturated rings. The van der Waals surface area contributed by atoms with Crippen LogP contribution >= 0.6 is 15.9 Å². The Kier molecular flexibility index (Phi) is 5.38. The number of benzene rings is 1. The van der Waals surface area contributed by atoms with Gasteiger partial charge in [0.25, 0.3) is 5.56 Å². The number of halogens is 1. The Labute approximate surface area is 182 Å². The molecule has 2 heterocycles. The van der Waals surface area contributed by atoms with Crippen molar-refractivity contribution in [1.29, 1.82) is 0 Å². The summed E-state index contributed by atoms with van der Waals surface area (Å²) in [7, 11) is 1.79. The number of carbonyl (C=O) groups excluding carboxylic acids is 1. The summed E-state index contributed by atoms with van der Waals surface area (Å²) in [4.78, 5) is 34.4. The van der Waals surface area contributed by atoms with E-state index in [4.69, 9.17) is 14.1 Å². The number of amides is 1. The Morgan fingerprint density at radius 3 is 2.63 bits per heavy atom. The molecule has 1 aliphatic rings. The maximum atomic E-state index is 12.6. The number of hydrogen-bond acceptors (Lipinski definition) is 5. The Hall–Kier alpha value is -2.35. The average molecular weight is 476 g/mol. The highest BCUT2D eigenvalue weighted by Crippen LogP contribution is 2.35. The van der Waals surface area contributed by atoms with Crippen molar-refractivity contribution in [3.05, 3.63) is 38.9 Å². The molecular formula is C22H26BrN3O4. The molecule has 4 rings (SSSR count). The van der Waals surface area contributed by atoms with Crippen LogP contribution < -0.4 is 5.56 Å². The van der Waals surface area contributed by atoms with Gasteiger partial charge in [0, 0.05) is 28.9 Å². The second-order valence-electron chi connectivity index (χ2n) is 8.97. The molecule has 160 valence electrons. The standard InChI is InChI=1S/C22H26BrN3O4/c1-22(2,3)30-21(28)26(4)14-8-5-12(6-9-14)19-24-17-15-11-13(23)7-10-16(15)29-18(17)20(27)25-19/h7,10-12,14H,5-6,8-9H2,1-4H3,(H,24,25,27). The van der Waals surface area contributed by atoms with Gasteiger partial charge in [-0.1, -0.05) is 15.9 Å². The Bertz CT molecular complexity index is 1150. The number of aromatic amines is 1. The quantitative estimate of drug-likeness (QED) is 0.541. The van der Waals surface area contributed by atoms with Crippen LogP contribution in [0.15, 0.2) is 31.9 Å². The number of nitrogens with zero attached hydrogens (tertiary/aromatic N) is 2. The Morgan fingerprint density at radius 2 is 1.97 bits per heavy atom. The van der Waals surface area contributed by atoms with E-state index >= 15 is 0 Å². The minimum Gasteiger partial charge on any atom is -0.449 e. The summed E-state index contributed by atoms with van der Waals surface area (Å²) < 4.78 is 12.1. The van der Waals surface area contributed by atoms with Crippen molar-refractivity contribution in [3.63, 3.8) is 0 Å². The van der Waals surface area contributed by atoms with Gasteiger partial charge in [-0.25, -0.2) is 9.78 Å². The van der Waals surface area contributed by atoms with Crippen LogP contribution in [0.4, 0.5) is 4.79 Å². The fourth-order valence-corrected chi connectivity index (χ4v) is 4.42. The summed E-state index contributed by atoms with van der Waals surface area (Å²) in [5.74, 6) is 0.830. The zero-order chi connectivity index (χ0) is 21.6. The van der Waals surface area contributed by atoms with E-state index in [1.165, 1.54) is 0 Å². The van der Waals surface area contributed by atoms with Crippen molar-refractivity contribution in [1.82, 2.24) is 14.9 Å². The number of H-pyrrole nitrogens is 1. The van der Waals surface area contributed by atoms with Crippen molar-refractivity contribution < 1.29 is 13.9 Å². The van der Waals surface area contributed by atoms with Gasteiger partial charge in [-0.2, -0.15) is 0 Å². The minimum atomic E-state index is -0.510. The van der Waals surface area contributed by atoms with Gasteiger partial charge < -0.3 is 19.0 Å². The zero-order valence-corrected chi connectivity index (χ0v) is 19.2. The number of hydrogen-bond donors (Lipinski definition) is 1. The number of nitrogens with one attached hydrogen (secondary N) is 1. The van der Waals surface area contributed by atoms with Crippen molar-refractivity contribution in [2.75, 3.05) is 7.05 Å². The average Bonchev–Trinajstić information content (AvgIpc) is 3.05. The highest BCUT2D eigenvalue weighted by Gasteiger charge is 2.31. The third-order valence-electron chi connectivity index (χ3n) is 5.62. The minimum absolute atomic E-state index is 0.122. The van der Waals surface area contributed by atoms with Crippen LogP contribution in [0.3, 0.4) is 0 Å². The van der Waals surface area contributed by atoms with Gasteiger partial charge in [0.2, 0.25) is 5.58 Å². The van der Waals surface area contributed by atoms with Crippen LogP contribution in [0.2, 0.25) is 0 Å². The van der Waals surface area contributed by atoms with Gasteiger partial charge in [-0.15, -0.1) is 0 Å². The molecule has 1 aromatic carbocycles. The molecule has 0 saturated heterocycles. The smallest absolute Gasteiger partial charge is 0.410 e. The molecular weight excluding hydrogens is 450 g/mol. The van der Waals surface area contributed by atoms with Crippen LogP contribution in [0.5, 0.6) is 0 Å². The number of aromatic nitrogens is 2.